The van der Waals surface area contributed by atoms with Crippen LogP contribution in [0.15, 0.2) is 46.7 Å². The Bertz CT molecular complexity index is 646. The molecule has 0 atom stereocenters. The number of carbonyl (C=O) groups is 1. The summed E-state index contributed by atoms with van der Waals surface area (Å²) >= 11 is 3.48. The zero-order chi connectivity index (χ0) is 16.6. The van der Waals surface area contributed by atoms with Gasteiger partial charge in [0.2, 0.25) is 0 Å². The first-order valence-corrected chi connectivity index (χ1v) is 10.1. The van der Waals surface area contributed by atoms with Gasteiger partial charge in [-0.1, -0.05) is 18.2 Å². The fraction of sp³-hybridized carbons (Fsp3) is 0.389. The molecule has 0 spiro atoms. The molecule has 1 aliphatic heterocycles. The van der Waals surface area contributed by atoms with Gasteiger partial charge in [-0.25, -0.2) is 0 Å². The van der Waals surface area contributed by atoms with E-state index in [2.05, 4.69) is 33.0 Å². The van der Waals surface area contributed by atoms with Crippen LogP contribution < -0.4 is 10.6 Å². The van der Waals surface area contributed by atoms with Gasteiger partial charge in [0.1, 0.15) is 0 Å². The van der Waals surface area contributed by atoms with E-state index in [1.807, 2.05) is 24.3 Å². The summed E-state index contributed by atoms with van der Waals surface area (Å²) in [6.07, 6.45) is 0. The Morgan fingerprint density at radius 3 is 2.76 bits per heavy atom. The normalized spacial score (nSPS) is 14.7. The largest absolute Gasteiger partial charge is 0.351 e. The van der Waals surface area contributed by atoms with Crippen molar-refractivity contribution in [3.8, 4) is 0 Å². The van der Waals surface area contributed by atoms with E-state index >= 15 is 0 Å². The standard InChI is InChI=1S/C18H23N3OS2.ClH/c22-18(20-9-12-21-10-7-19-8-11-21)16-5-1-2-6-17(16)24-14-15-4-3-13-23-15;/h1-6,13,19H,7-12,14H2,(H,20,22);1H. The topological polar surface area (TPSA) is 44.4 Å². The molecule has 7 heteroatoms. The fourth-order valence-corrected chi connectivity index (χ4v) is 4.50. The van der Waals surface area contributed by atoms with Crippen molar-refractivity contribution < 1.29 is 4.79 Å². The summed E-state index contributed by atoms with van der Waals surface area (Å²) in [5, 5.41) is 8.50. The van der Waals surface area contributed by atoms with E-state index in [9.17, 15) is 4.79 Å². The second-order valence-electron chi connectivity index (χ2n) is 5.71. The molecule has 2 aromatic rings. The molecule has 0 saturated carbocycles. The van der Waals surface area contributed by atoms with E-state index < -0.39 is 0 Å². The Balaban J connectivity index is 0.00000225. The summed E-state index contributed by atoms with van der Waals surface area (Å²) in [6.45, 7) is 5.80. The quantitative estimate of drug-likeness (QED) is 0.704. The highest BCUT2D eigenvalue weighted by Gasteiger charge is 2.13. The minimum absolute atomic E-state index is 0. The highest BCUT2D eigenvalue weighted by molar-refractivity contribution is 7.98. The molecule has 0 radical (unpaired) electrons. The van der Waals surface area contributed by atoms with Gasteiger partial charge in [-0.05, 0) is 23.6 Å². The average molecular weight is 398 g/mol. The third-order valence-electron chi connectivity index (χ3n) is 4.00. The monoisotopic (exact) mass is 397 g/mol. The van der Waals surface area contributed by atoms with Crippen molar-refractivity contribution in [1.29, 1.82) is 0 Å². The summed E-state index contributed by atoms with van der Waals surface area (Å²) in [7, 11) is 0. The first-order chi connectivity index (χ1) is 11.8. The van der Waals surface area contributed by atoms with E-state index in [0.29, 0.717) is 6.54 Å². The Hall–Kier alpha value is -1.05. The number of thioether (sulfide) groups is 1. The zero-order valence-corrected chi connectivity index (χ0v) is 16.5. The number of halogens is 1. The van der Waals surface area contributed by atoms with Crippen LogP contribution in [-0.4, -0.2) is 50.1 Å². The molecule has 2 N–H and O–H groups in total. The van der Waals surface area contributed by atoms with Crippen molar-refractivity contribution in [3.63, 3.8) is 0 Å². The van der Waals surface area contributed by atoms with Crippen LogP contribution in [0.5, 0.6) is 0 Å². The molecular weight excluding hydrogens is 374 g/mol. The number of carbonyl (C=O) groups excluding carboxylic acids is 1. The maximum atomic E-state index is 12.5. The maximum absolute atomic E-state index is 12.5. The smallest absolute Gasteiger partial charge is 0.252 e. The minimum atomic E-state index is 0. The maximum Gasteiger partial charge on any atom is 0.252 e. The first-order valence-electron chi connectivity index (χ1n) is 8.28. The van der Waals surface area contributed by atoms with Crippen molar-refractivity contribution in [3.05, 3.63) is 52.2 Å². The van der Waals surface area contributed by atoms with Gasteiger partial charge in [-0.2, -0.15) is 0 Å². The van der Waals surface area contributed by atoms with E-state index in [1.165, 1.54) is 4.88 Å². The molecule has 3 rings (SSSR count). The molecule has 1 aromatic carbocycles. The Morgan fingerprint density at radius 1 is 1.20 bits per heavy atom. The molecule has 1 aliphatic rings. The zero-order valence-electron chi connectivity index (χ0n) is 14.1. The number of hydrogen-bond donors (Lipinski definition) is 2. The number of nitrogens with zero attached hydrogens (tertiary/aromatic N) is 1. The van der Waals surface area contributed by atoms with Crippen molar-refractivity contribution in [2.75, 3.05) is 39.3 Å². The lowest BCUT2D eigenvalue weighted by molar-refractivity contribution is 0.0944. The van der Waals surface area contributed by atoms with E-state index in [1.54, 1.807) is 23.1 Å². The molecule has 2 heterocycles. The predicted octanol–water partition coefficient (Wildman–Crippen LogP) is 3.10. The second kappa shape index (κ2) is 10.8. The lowest BCUT2D eigenvalue weighted by Gasteiger charge is -2.27. The third-order valence-corrected chi connectivity index (χ3v) is 6.19. The van der Waals surface area contributed by atoms with Crippen LogP contribution in [0, 0.1) is 0 Å². The second-order valence-corrected chi connectivity index (χ2v) is 7.76. The average Bonchev–Trinajstić information content (AvgIpc) is 3.14. The molecule has 1 amide bonds. The first kappa shape index (κ1) is 20.3. The van der Waals surface area contributed by atoms with Crippen LogP contribution in [0.25, 0.3) is 0 Å². The van der Waals surface area contributed by atoms with Crippen molar-refractivity contribution in [2.45, 2.75) is 10.6 Å². The molecule has 25 heavy (non-hydrogen) atoms. The Labute approximate surface area is 163 Å². The lowest BCUT2D eigenvalue weighted by atomic mass is 10.2. The summed E-state index contributed by atoms with van der Waals surface area (Å²) in [6, 6.07) is 12.1. The number of rotatable bonds is 7. The van der Waals surface area contributed by atoms with Gasteiger partial charge in [0.05, 0.1) is 5.56 Å². The number of thiophene rings is 1. The number of piperazine rings is 1. The summed E-state index contributed by atoms with van der Waals surface area (Å²) in [5.41, 5.74) is 0.777. The van der Waals surface area contributed by atoms with Gasteiger partial charge in [-0.3, -0.25) is 9.69 Å². The van der Waals surface area contributed by atoms with Crippen LogP contribution in [-0.2, 0) is 5.75 Å². The molecule has 0 aliphatic carbocycles. The van der Waals surface area contributed by atoms with Crippen molar-refractivity contribution in [2.24, 2.45) is 0 Å². The summed E-state index contributed by atoms with van der Waals surface area (Å²) < 4.78 is 0. The number of hydrogen-bond acceptors (Lipinski definition) is 5. The molecule has 1 saturated heterocycles. The Kier molecular flexibility index (Phi) is 8.78. The van der Waals surface area contributed by atoms with Crippen molar-refractivity contribution in [1.82, 2.24) is 15.5 Å². The predicted molar refractivity (Wildman–Crippen MR) is 109 cm³/mol. The van der Waals surface area contributed by atoms with Gasteiger partial charge >= 0.3 is 0 Å². The van der Waals surface area contributed by atoms with Crippen LogP contribution in [0.4, 0.5) is 0 Å². The molecule has 4 nitrogen and oxygen atoms in total. The van der Waals surface area contributed by atoms with E-state index in [4.69, 9.17) is 0 Å². The van der Waals surface area contributed by atoms with E-state index in [-0.39, 0.29) is 18.3 Å². The molecule has 1 fully saturated rings. The van der Waals surface area contributed by atoms with Crippen LogP contribution in [0.1, 0.15) is 15.2 Å². The number of amides is 1. The van der Waals surface area contributed by atoms with Gasteiger partial charge < -0.3 is 10.6 Å². The van der Waals surface area contributed by atoms with Gasteiger partial charge in [0.15, 0.2) is 0 Å². The Morgan fingerprint density at radius 2 is 2.00 bits per heavy atom. The SMILES string of the molecule is Cl.O=C(NCCN1CCNCC1)c1ccccc1SCc1cccs1. The molecule has 136 valence electrons. The third kappa shape index (κ3) is 6.31. The fourth-order valence-electron chi connectivity index (χ4n) is 2.68. The molecule has 0 unspecified atom stereocenters. The van der Waals surface area contributed by atoms with E-state index in [0.717, 1.165) is 48.9 Å². The van der Waals surface area contributed by atoms with Crippen molar-refractivity contribution >= 4 is 41.4 Å². The van der Waals surface area contributed by atoms with Crippen LogP contribution >= 0.6 is 35.5 Å². The molecule has 0 bridgehead atoms. The highest BCUT2D eigenvalue weighted by atomic mass is 35.5. The summed E-state index contributed by atoms with van der Waals surface area (Å²) in [4.78, 5) is 17.3. The number of benzene rings is 1. The summed E-state index contributed by atoms with van der Waals surface area (Å²) in [5.74, 6) is 0.933. The van der Waals surface area contributed by atoms with Crippen LogP contribution in [0.2, 0.25) is 0 Å². The van der Waals surface area contributed by atoms with Gasteiger partial charge in [0, 0.05) is 54.8 Å². The van der Waals surface area contributed by atoms with Crippen LogP contribution in [0.3, 0.4) is 0 Å². The lowest BCUT2D eigenvalue weighted by Crippen LogP contribution is -2.46. The number of nitrogens with one attached hydrogen (secondary N) is 2. The molecular formula is C18H24ClN3OS2. The minimum Gasteiger partial charge on any atom is -0.351 e. The molecule has 1 aromatic heterocycles. The van der Waals surface area contributed by atoms with Gasteiger partial charge in [0.25, 0.3) is 5.91 Å². The highest BCUT2D eigenvalue weighted by Crippen LogP contribution is 2.27. The van der Waals surface area contributed by atoms with Gasteiger partial charge in [-0.15, -0.1) is 35.5 Å².